The van der Waals surface area contributed by atoms with Gasteiger partial charge in [0.1, 0.15) is 5.60 Å². The van der Waals surface area contributed by atoms with Crippen LogP contribution in [0.25, 0.3) is 0 Å². The van der Waals surface area contributed by atoms with Crippen molar-refractivity contribution in [2.75, 3.05) is 11.9 Å². The minimum atomic E-state index is -4.68. The number of esters is 1. The Kier molecular flexibility index (Phi) is 8.00. The quantitative estimate of drug-likeness (QED) is 0.312. The summed E-state index contributed by atoms with van der Waals surface area (Å²) in [6.45, 7) is 5.30. The first-order chi connectivity index (χ1) is 20.2. The van der Waals surface area contributed by atoms with Crippen molar-refractivity contribution < 1.29 is 32.3 Å². The maximum absolute atomic E-state index is 14.2. The number of anilines is 1. The Balaban J connectivity index is 1.57. The van der Waals surface area contributed by atoms with Gasteiger partial charge >= 0.3 is 12.1 Å². The third-order valence-electron chi connectivity index (χ3n) is 8.30. The van der Waals surface area contributed by atoms with E-state index in [1.54, 1.807) is 45.0 Å². The highest BCUT2D eigenvalue weighted by Gasteiger charge is 2.53. The van der Waals surface area contributed by atoms with E-state index in [0.29, 0.717) is 30.5 Å². The molecule has 228 valence electrons. The van der Waals surface area contributed by atoms with Crippen molar-refractivity contribution in [3.8, 4) is 0 Å². The summed E-state index contributed by atoms with van der Waals surface area (Å²) in [7, 11) is 1.50. The van der Waals surface area contributed by atoms with Crippen molar-refractivity contribution in [3.63, 3.8) is 0 Å². The van der Waals surface area contributed by atoms with E-state index in [1.807, 2.05) is 12.2 Å². The number of amides is 2. The van der Waals surface area contributed by atoms with E-state index < -0.39 is 52.6 Å². The summed E-state index contributed by atoms with van der Waals surface area (Å²) in [4.78, 5) is 47.4. The molecule has 43 heavy (non-hydrogen) atoms. The lowest BCUT2D eigenvalue weighted by Gasteiger charge is -2.37. The highest BCUT2D eigenvalue weighted by Crippen LogP contribution is 2.49. The number of likely N-dealkylation sites (N-methyl/N-ethyl adjacent to an activating group) is 1. The molecule has 0 saturated heterocycles. The van der Waals surface area contributed by atoms with Crippen LogP contribution in [-0.2, 0) is 25.3 Å². The van der Waals surface area contributed by atoms with Crippen molar-refractivity contribution in [2.24, 2.45) is 22.2 Å². The van der Waals surface area contributed by atoms with Crippen LogP contribution in [0, 0.1) is 17.3 Å². The van der Waals surface area contributed by atoms with E-state index in [-0.39, 0.29) is 17.2 Å². The van der Waals surface area contributed by atoms with E-state index in [2.05, 4.69) is 10.3 Å². The topological polar surface area (TPSA) is 88.1 Å². The van der Waals surface area contributed by atoms with Gasteiger partial charge in [-0.15, -0.1) is 0 Å². The highest BCUT2D eigenvalue weighted by molar-refractivity contribution is 6.20. The molecule has 0 aromatic heterocycles. The summed E-state index contributed by atoms with van der Waals surface area (Å²) >= 11 is 0. The van der Waals surface area contributed by atoms with Gasteiger partial charge in [0.25, 0.3) is 5.91 Å². The fraction of sp³-hybridized carbons (Fsp3) is 0.455. The zero-order valence-corrected chi connectivity index (χ0v) is 24.7. The summed E-state index contributed by atoms with van der Waals surface area (Å²) in [6, 6.07) is 11.6. The first-order valence-corrected chi connectivity index (χ1v) is 14.5. The number of aliphatic imine (C=N–C) groups is 1. The average molecular weight is 596 g/mol. The van der Waals surface area contributed by atoms with E-state index >= 15 is 0 Å². The molecule has 10 heteroatoms. The van der Waals surface area contributed by atoms with Crippen LogP contribution in [0.1, 0.15) is 69.6 Å². The number of ether oxygens (including phenoxy) is 1. The number of allylic oxidation sites excluding steroid dienone is 2. The minimum Gasteiger partial charge on any atom is -0.460 e. The van der Waals surface area contributed by atoms with E-state index in [4.69, 9.17) is 4.74 Å². The van der Waals surface area contributed by atoms with Gasteiger partial charge in [-0.3, -0.25) is 14.4 Å². The third-order valence-corrected chi connectivity index (χ3v) is 8.30. The van der Waals surface area contributed by atoms with Crippen molar-refractivity contribution in [1.82, 2.24) is 5.32 Å². The zero-order valence-electron chi connectivity index (χ0n) is 24.7. The van der Waals surface area contributed by atoms with Gasteiger partial charge < -0.3 is 15.0 Å². The molecule has 1 N–H and O–H groups in total. The smallest absolute Gasteiger partial charge is 0.417 e. The zero-order chi connectivity index (χ0) is 31.2. The van der Waals surface area contributed by atoms with Crippen LogP contribution in [0.5, 0.6) is 0 Å². The second-order valence-electron chi connectivity index (χ2n) is 12.6. The van der Waals surface area contributed by atoms with Crippen LogP contribution < -0.4 is 10.2 Å². The molecule has 5 rings (SSSR count). The van der Waals surface area contributed by atoms with Crippen LogP contribution in [0.2, 0.25) is 0 Å². The molecule has 2 atom stereocenters. The second kappa shape index (κ2) is 11.3. The van der Waals surface area contributed by atoms with Crippen LogP contribution in [0.15, 0.2) is 65.7 Å². The lowest BCUT2D eigenvalue weighted by atomic mass is 9.70. The van der Waals surface area contributed by atoms with Gasteiger partial charge in [-0.2, -0.15) is 13.2 Å². The number of hydrogen-bond donors (Lipinski definition) is 1. The van der Waals surface area contributed by atoms with Gasteiger partial charge in [0.05, 0.1) is 28.3 Å². The monoisotopic (exact) mass is 595 g/mol. The standard InChI is InChI=1S/C33H36F3N3O4/c1-31(2,3)43-30(42)32(17-9-10-18-32)24(19-20-15-16-20)28(40)38-27-29(41)39(4)25-14-8-6-12-22(25)26(37-27)21-11-5-7-13-23(21)33(34,35)36/h5-14,20,24,27H,15-19H2,1-4H3,(H,38,40)/t24-,27?/m0/s1. The molecule has 1 aliphatic heterocycles. The summed E-state index contributed by atoms with van der Waals surface area (Å²) in [5.41, 5.74) is -2.41. The number of fused-ring (bicyclic) bond motifs is 1. The normalized spacial score (nSPS) is 20.6. The molecular weight excluding hydrogens is 559 g/mol. The molecule has 0 spiro atoms. The van der Waals surface area contributed by atoms with E-state index in [0.717, 1.165) is 18.9 Å². The number of halogens is 3. The Labute approximate surface area is 249 Å². The van der Waals surface area contributed by atoms with Crippen LogP contribution >= 0.6 is 0 Å². The summed E-state index contributed by atoms with van der Waals surface area (Å²) < 4.78 is 48.2. The van der Waals surface area contributed by atoms with Gasteiger partial charge in [-0.1, -0.05) is 61.4 Å². The fourth-order valence-electron chi connectivity index (χ4n) is 5.92. The molecule has 2 aromatic rings. The van der Waals surface area contributed by atoms with Crippen molar-refractivity contribution in [1.29, 1.82) is 0 Å². The number of rotatable bonds is 7. The lowest BCUT2D eigenvalue weighted by molar-refractivity contribution is -0.173. The van der Waals surface area contributed by atoms with Crippen LogP contribution in [0.3, 0.4) is 0 Å². The average Bonchev–Trinajstić information content (AvgIpc) is 3.65. The number of carbonyl (C=O) groups excluding carboxylic acids is 3. The SMILES string of the molecule is CN1C(=O)C(NC(=O)[C@H](CC2CC2)C2(C(=O)OC(C)(C)C)CC=CC2)N=C(c2ccccc2C(F)(F)F)c2ccccc21. The van der Waals surface area contributed by atoms with E-state index in [9.17, 15) is 27.6 Å². The predicted octanol–water partition coefficient (Wildman–Crippen LogP) is 6.06. The van der Waals surface area contributed by atoms with Crippen molar-refractivity contribution in [2.45, 2.75) is 70.8 Å². The molecule has 2 aromatic carbocycles. The lowest BCUT2D eigenvalue weighted by Crippen LogP contribution is -2.53. The van der Waals surface area contributed by atoms with Crippen molar-refractivity contribution >= 4 is 29.2 Å². The molecule has 3 aliphatic rings. The second-order valence-corrected chi connectivity index (χ2v) is 12.6. The molecule has 2 aliphatic carbocycles. The van der Waals surface area contributed by atoms with Gasteiger partial charge in [0.2, 0.25) is 12.1 Å². The van der Waals surface area contributed by atoms with Crippen LogP contribution in [-0.4, -0.2) is 42.3 Å². The number of para-hydroxylation sites is 1. The number of benzene rings is 2. The first kappa shape index (κ1) is 30.5. The van der Waals surface area contributed by atoms with Crippen LogP contribution in [0.4, 0.5) is 18.9 Å². The Bertz CT molecular complexity index is 1480. The predicted molar refractivity (Wildman–Crippen MR) is 156 cm³/mol. The summed E-state index contributed by atoms with van der Waals surface area (Å²) in [5, 5.41) is 2.75. The molecule has 0 radical (unpaired) electrons. The van der Waals surface area contributed by atoms with Gasteiger partial charge in [0.15, 0.2) is 0 Å². The van der Waals surface area contributed by atoms with Gasteiger partial charge in [-0.05, 0) is 58.1 Å². The largest absolute Gasteiger partial charge is 0.460 e. The summed E-state index contributed by atoms with van der Waals surface area (Å²) in [5.74, 6) is -2.21. The number of benzodiazepines with no additional fused rings is 1. The molecule has 1 saturated carbocycles. The number of carbonyl (C=O) groups is 3. The first-order valence-electron chi connectivity index (χ1n) is 14.5. The number of hydrogen-bond acceptors (Lipinski definition) is 5. The Morgan fingerprint density at radius 2 is 1.63 bits per heavy atom. The van der Waals surface area contributed by atoms with Gasteiger partial charge in [-0.25, -0.2) is 4.99 Å². The maximum atomic E-state index is 14.2. The fourth-order valence-corrected chi connectivity index (χ4v) is 5.92. The minimum absolute atomic E-state index is 0.0605. The third kappa shape index (κ3) is 6.24. The number of alkyl halides is 3. The molecule has 1 unspecified atom stereocenters. The van der Waals surface area contributed by atoms with Crippen molar-refractivity contribution in [3.05, 3.63) is 77.4 Å². The van der Waals surface area contributed by atoms with E-state index in [1.165, 1.54) is 30.1 Å². The molecular formula is C33H36F3N3O4. The molecule has 1 fully saturated rings. The Morgan fingerprint density at radius 3 is 2.23 bits per heavy atom. The molecule has 7 nitrogen and oxygen atoms in total. The highest BCUT2D eigenvalue weighted by atomic mass is 19.4. The molecule has 0 bridgehead atoms. The maximum Gasteiger partial charge on any atom is 0.417 e. The van der Waals surface area contributed by atoms with Gasteiger partial charge in [0, 0.05) is 18.2 Å². The summed E-state index contributed by atoms with van der Waals surface area (Å²) in [6.07, 6.45) is 0.431. The molecule has 2 amide bonds. The molecule has 1 heterocycles. The Morgan fingerprint density at radius 1 is 1.02 bits per heavy atom. The number of nitrogens with zero attached hydrogens (tertiary/aromatic N) is 2. The number of nitrogens with one attached hydrogen (secondary N) is 1. The Hall–Kier alpha value is -3.95.